The van der Waals surface area contributed by atoms with Crippen molar-refractivity contribution in [2.24, 2.45) is 0 Å². The molecule has 1 heterocycles. The number of piperazine rings is 1. The summed E-state index contributed by atoms with van der Waals surface area (Å²) < 4.78 is 0.910. The van der Waals surface area contributed by atoms with Gasteiger partial charge in [0.25, 0.3) is 5.91 Å². The molecule has 1 amide bonds. The third-order valence-electron chi connectivity index (χ3n) is 3.49. The topological polar surface area (TPSA) is 32.3 Å². The maximum Gasteiger partial charge on any atom is 0.255 e. The normalized spacial score (nSPS) is 24.1. The van der Waals surface area contributed by atoms with Crippen LogP contribution in [0.2, 0.25) is 0 Å². The Bertz CT molecular complexity index is 451. The zero-order valence-electron chi connectivity index (χ0n) is 11.0. The van der Waals surface area contributed by atoms with E-state index in [1.807, 2.05) is 30.0 Å². The largest absolute Gasteiger partial charge is 0.331 e. The molecule has 1 aromatic rings. The van der Waals surface area contributed by atoms with E-state index in [1.54, 1.807) is 0 Å². The number of hydrogen-bond acceptors (Lipinski definition) is 2. The van der Waals surface area contributed by atoms with Crippen LogP contribution in [0.15, 0.2) is 22.7 Å². The quantitative estimate of drug-likeness (QED) is 0.864. The summed E-state index contributed by atoms with van der Waals surface area (Å²) in [7, 11) is 0. The molecule has 4 heteroatoms. The van der Waals surface area contributed by atoms with Crippen molar-refractivity contribution in [3.63, 3.8) is 0 Å². The molecule has 2 unspecified atom stereocenters. The van der Waals surface area contributed by atoms with Crippen LogP contribution in [-0.4, -0.2) is 36.0 Å². The van der Waals surface area contributed by atoms with Gasteiger partial charge in [-0.15, -0.1) is 0 Å². The number of nitrogens with zero attached hydrogens (tertiary/aromatic N) is 1. The molecule has 1 N–H and O–H groups in total. The van der Waals surface area contributed by atoms with E-state index in [1.165, 1.54) is 0 Å². The van der Waals surface area contributed by atoms with Crippen molar-refractivity contribution in [3.8, 4) is 0 Å². The number of rotatable bonds is 1. The number of halogens is 1. The number of aryl methyl sites for hydroxylation is 1. The van der Waals surface area contributed by atoms with Gasteiger partial charge in [-0.3, -0.25) is 4.79 Å². The maximum atomic E-state index is 12.7. The number of hydrogen-bond donors (Lipinski definition) is 1. The van der Waals surface area contributed by atoms with Crippen molar-refractivity contribution < 1.29 is 4.79 Å². The lowest BCUT2D eigenvalue weighted by Crippen LogP contribution is -2.57. The molecule has 2 rings (SSSR count). The molecule has 1 aromatic carbocycles. The second-order valence-electron chi connectivity index (χ2n) is 5.01. The molecule has 0 radical (unpaired) electrons. The first-order chi connectivity index (χ1) is 8.52. The third kappa shape index (κ3) is 2.45. The summed E-state index contributed by atoms with van der Waals surface area (Å²) >= 11 is 3.52. The molecule has 0 aliphatic carbocycles. The average molecular weight is 311 g/mol. The summed E-state index contributed by atoms with van der Waals surface area (Å²) in [6.45, 7) is 7.90. The minimum Gasteiger partial charge on any atom is -0.331 e. The Hall–Kier alpha value is -0.870. The molecule has 1 fully saturated rings. The van der Waals surface area contributed by atoms with Crippen molar-refractivity contribution in [2.75, 3.05) is 13.1 Å². The molecule has 98 valence electrons. The number of nitrogens with one attached hydrogen (secondary N) is 1. The molecule has 1 saturated heterocycles. The van der Waals surface area contributed by atoms with Crippen molar-refractivity contribution in [3.05, 3.63) is 33.8 Å². The van der Waals surface area contributed by atoms with Gasteiger partial charge >= 0.3 is 0 Å². The zero-order valence-corrected chi connectivity index (χ0v) is 12.6. The predicted octanol–water partition coefficient (Wildman–Crippen LogP) is 2.58. The summed E-state index contributed by atoms with van der Waals surface area (Å²) in [6, 6.07) is 6.29. The Morgan fingerprint density at radius 2 is 1.94 bits per heavy atom. The number of carbonyl (C=O) groups excluding carboxylic acids is 1. The molecule has 2 atom stereocenters. The molecule has 18 heavy (non-hydrogen) atoms. The van der Waals surface area contributed by atoms with E-state index < -0.39 is 0 Å². The summed E-state index contributed by atoms with van der Waals surface area (Å²) in [6.07, 6.45) is 0. The van der Waals surface area contributed by atoms with Gasteiger partial charge < -0.3 is 10.2 Å². The smallest absolute Gasteiger partial charge is 0.255 e. The van der Waals surface area contributed by atoms with Gasteiger partial charge in [-0.25, -0.2) is 0 Å². The van der Waals surface area contributed by atoms with E-state index in [-0.39, 0.29) is 18.0 Å². The first-order valence-electron chi connectivity index (χ1n) is 6.31. The highest BCUT2D eigenvalue weighted by Crippen LogP contribution is 2.24. The van der Waals surface area contributed by atoms with Gasteiger partial charge in [0.1, 0.15) is 0 Å². The fraction of sp³-hybridized carbons (Fsp3) is 0.500. The lowest BCUT2D eigenvalue weighted by molar-refractivity contribution is 0.0543. The summed E-state index contributed by atoms with van der Waals surface area (Å²) in [5, 5.41) is 3.34. The highest BCUT2D eigenvalue weighted by molar-refractivity contribution is 9.10. The van der Waals surface area contributed by atoms with Crippen LogP contribution in [-0.2, 0) is 0 Å². The minimum absolute atomic E-state index is 0.118. The molecule has 0 spiro atoms. The lowest BCUT2D eigenvalue weighted by Gasteiger charge is -2.39. The molecular weight excluding hydrogens is 292 g/mol. The van der Waals surface area contributed by atoms with Crippen molar-refractivity contribution in [1.82, 2.24) is 10.2 Å². The molecule has 1 aliphatic rings. The van der Waals surface area contributed by atoms with Gasteiger partial charge in [-0.2, -0.15) is 0 Å². The van der Waals surface area contributed by atoms with E-state index in [4.69, 9.17) is 0 Å². The Kier molecular flexibility index (Phi) is 4.07. The molecule has 0 aromatic heterocycles. The highest BCUT2D eigenvalue weighted by atomic mass is 79.9. The average Bonchev–Trinajstić information content (AvgIpc) is 2.32. The van der Waals surface area contributed by atoms with Gasteiger partial charge in [0.2, 0.25) is 0 Å². The van der Waals surface area contributed by atoms with Crippen LogP contribution >= 0.6 is 15.9 Å². The number of benzene rings is 1. The third-order valence-corrected chi connectivity index (χ3v) is 4.54. The van der Waals surface area contributed by atoms with Crippen LogP contribution in [0.1, 0.15) is 29.8 Å². The van der Waals surface area contributed by atoms with Crippen LogP contribution < -0.4 is 5.32 Å². The second kappa shape index (κ2) is 5.41. The Morgan fingerprint density at radius 1 is 1.33 bits per heavy atom. The van der Waals surface area contributed by atoms with Crippen LogP contribution in [0.3, 0.4) is 0 Å². The van der Waals surface area contributed by atoms with Gasteiger partial charge in [-0.1, -0.05) is 12.1 Å². The maximum absolute atomic E-state index is 12.7. The fourth-order valence-electron chi connectivity index (χ4n) is 2.48. The molecule has 0 bridgehead atoms. The van der Waals surface area contributed by atoms with E-state index in [0.717, 1.165) is 28.7 Å². The first-order valence-corrected chi connectivity index (χ1v) is 7.10. The number of amides is 1. The van der Waals surface area contributed by atoms with Crippen LogP contribution in [0.4, 0.5) is 0 Å². The predicted molar refractivity (Wildman–Crippen MR) is 76.8 cm³/mol. The zero-order chi connectivity index (χ0) is 13.3. The monoisotopic (exact) mass is 310 g/mol. The Morgan fingerprint density at radius 3 is 2.56 bits per heavy atom. The first kappa shape index (κ1) is 13.6. The Labute approximate surface area is 117 Å². The molecular formula is C14H19BrN2O. The number of carbonyl (C=O) groups is 1. The summed E-state index contributed by atoms with van der Waals surface area (Å²) in [5.74, 6) is 0.118. The van der Waals surface area contributed by atoms with Crippen molar-refractivity contribution >= 4 is 21.8 Å². The van der Waals surface area contributed by atoms with E-state index in [2.05, 4.69) is 35.1 Å². The van der Waals surface area contributed by atoms with Gasteiger partial charge in [0, 0.05) is 29.6 Å². The van der Waals surface area contributed by atoms with Crippen molar-refractivity contribution in [2.45, 2.75) is 32.9 Å². The molecule has 0 saturated carbocycles. The molecule has 3 nitrogen and oxygen atoms in total. The Balaban J connectivity index is 2.32. The fourth-order valence-corrected chi connectivity index (χ4v) is 2.92. The molecule has 1 aliphatic heterocycles. The van der Waals surface area contributed by atoms with E-state index in [0.29, 0.717) is 0 Å². The second-order valence-corrected chi connectivity index (χ2v) is 5.80. The standard InChI is InChI=1S/C14H19BrN2O/c1-9-5-4-6-12(13(9)15)14(18)17-10(2)7-16-8-11(17)3/h4-6,10-11,16H,7-8H2,1-3H3. The summed E-state index contributed by atoms with van der Waals surface area (Å²) in [4.78, 5) is 14.6. The van der Waals surface area contributed by atoms with Crippen LogP contribution in [0.25, 0.3) is 0 Å². The van der Waals surface area contributed by atoms with Crippen LogP contribution in [0, 0.1) is 6.92 Å². The van der Waals surface area contributed by atoms with Gasteiger partial charge in [0.15, 0.2) is 0 Å². The van der Waals surface area contributed by atoms with E-state index >= 15 is 0 Å². The van der Waals surface area contributed by atoms with Gasteiger partial charge in [-0.05, 0) is 48.3 Å². The highest BCUT2D eigenvalue weighted by Gasteiger charge is 2.30. The lowest BCUT2D eigenvalue weighted by atomic mass is 10.1. The van der Waals surface area contributed by atoms with Gasteiger partial charge in [0.05, 0.1) is 5.56 Å². The minimum atomic E-state index is 0.118. The van der Waals surface area contributed by atoms with Crippen LogP contribution in [0.5, 0.6) is 0 Å². The summed E-state index contributed by atoms with van der Waals surface area (Å²) in [5.41, 5.74) is 1.85. The SMILES string of the molecule is Cc1cccc(C(=O)N2C(C)CNCC2C)c1Br. The van der Waals surface area contributed by atoms with E-state index in [9.17, 15) is 4.79 Å². The van der Waals surface area contributed by atoms with Crippen molar-refractivity contribution in [1.29, 1.82) is 0 Å².